The van der Waals surface area contributed by atoms with Gasteiger partial charge in [0.2, 0.25) is 11.8 Å². The standard InChI is InChI=1S/C18H11N3O5/c1-10-19-20-15(25-10)11-6-2-5-9-14(11)18(24)26-21-16(22)12-7-3-4-8-13(12)17(21)23/h2-9H,1H3. The number of hydroxylamine groups is 2. The maximum atomic E-state index is 12.6. The molecular weight excluding hydrogens is 338 g/mol. The monoisotopic (exact) mass is 349 g/mol. The van der Waals surface area contributed by atoms with Gasteiger partial charge in [0.15, 0.2) is 0 Å². The molecular formula is C18H11N3O5. The number of fused-ring (bicyclic) bond motifs is 1. The van der Waals surface area contributed by atoms with Crippen LogP contribution in [0.3, 0.4) is 0 Å². The van der Waals surface area contributed by atoms with Gasteiger partial charge in [-0.05, 0) is 24.3 Å². The van der Waals surface area contributed by atoms with Crippen molar-refractivity contribution >= 4 is 17.8 Å². The van der Waals surface area contributed by atoms with Crippen molar-refractivity contribution < 1.29 is 23.6 Å². The van der Waals surface area contributed by atoms with E-state index < -0.39 is 17.8 Å². The number of hydrogen-bond donors (Lipinski definition) is 0. The minimum absolute atomic E-state index is 0.0905. The number of benzene rings is 2. The second-order valence-corrected chi connectivity index (χ2v) is 5.50. The summed E-state index contributed by atoms with van der Waals surface area (Å²) in [4.78, 5) is 42.3. The summed E-state index contributed by atoms with van der Waals surface area (Å²) in [6, 6.07) is 12.6. The van der Waals surface area contributed by atoms with Crippen molar-refractivity contribution in [2.24, 2.45) is 0 Å². The molecule has 0 bridgehead atoms. The number of aryl methyl sites for hydroxylation is 1. The van der Waals surface area contributed by atoms with Crippen molar-refractivity contribution in [3.8, 4) is 11.5 Å². The van der Waals surface area contributed by atoms with Crippen molar-refractivity contribution in [2.45, 2.75) is 6.92 Å². The van der Waals surface area contributed by atoms with E-state index in [-0.39, 0.29) is 22.6 Å². The summed E-state index contributed by atoms with van der Waals surface area (Å²) >= 11 is 0. The van der Waals surface area contributed by atoms with Gasteiger partial charge in [-0.15, -0.1) is 10.2 Å². The summed E-state index contributed by atoms with van der Waals surface area (Å²) in [6.07, 6.45) is 0. The SMILES string of the molecule is Cc1nnc(-c2ccccc2C(=O)ON2C(=O)c3ccccc3C2=O)o1. The Morgan fingerprint density at radius 2 is 1.50 bits per heavy atom. The van der Waals surface area contributed by atoms with E-state index >= 15 is 0 Å². The quantitative estimate of drug-likeness (QED) is 0.669. The lowest BCUT2D eigenvalue weighted by Crippen LogP contribution is -2.32. The molecule has 0 fully saturated rings. The summed E-state index contributed by atoms with van der Waals surface area (Å²) in [7, 11) is 0. The van der Waals surface area contributed by atoms with Crippen molar-refractivity contribution in [1.29, 1.82) is 0 Å². The van der Waals surface area contributed by atoms with Crippen LogP contribution in [0.15, 0.2) is 52.9 Å². The molecule has 0 atom stereocenters. The van der Waals surface area contributed by atoms with E-state index in [0.717, 1.165) is 0 Å². The molecule has 2 heterocycles. The Morgan fingerprint density at radius 1 is 0.923 bits per heavy atom. The first-order chi connectivity index (χ1) is 12.6. The van der Waals surface area contributed by atoms with Crippen LogP contribution < -0.4 is 0 Å². The van der Waals surface area contributed by atoms with E-state index in [0.29, 0.717) is 16.5 Å². The number of carbonyl (C=O) groups is 3. The average molecular weight is 349 g/mol. The lowest BCUT2D eigenvalue weighted by molar-refractivity contribution is -0.0584. The number of rotatable bonds is 3. The van der Waals surface area contributed by atoms with Crippen molar-refractivity contribution in [1.82, 2.24) is 15.3 Å². The molecule has 0 spiro atoms. The van der Waals surface area contributed by atoms with Gasteiger partial charge in [0, 0.05) is 6.92 Å². The van der Waals surface area contributed by atoms with Crippen molar-refractivity contribution in [2.75, 3.05) is 0 Å². The maximum absolute atomic E-state index is 12.6. The van der Waals surface area contributed by atoms with Crippen LogP contribution in [0.4, 0.5) is 0 Å². The van der Waals surface area contributed by atoms with Gasteiger partial charge in [-0.25, -0.2) is 4.79 Å². The normalized spacial score (nSPS) is 13.0. The molecule has 0 N–H and O–H groups in total. The average Bonchev–Trinajstić information content (AvgIpc) is 3.19. The molecule has 128 valence electrons. The third-order valence-electron chi connectivity index (χ3n) is 3.83. The molecule has 0 radical (unpaired) electrons. The minimum atomic E-state index is -0.883. The zero-order chi connectivity index (χ0) is 18.3. The molecule has 0 unspecified atom stereocenters. The van der Waals surface area contributed by atoms with Crippen LogP contribution in [0.5, 0.6) is 0 Å². The molecule has 1 aliphatic heterocycles. The lowest BCUT2D eigenvalue weighted by atomic mass is 10.1. The molecule has 3 aromatic rings. The molecule has 2 amide bonds. The minimum Gasteiger partial charge on any atom is -0.421 e. The first-order valence-corrected chi connectivity index (χ1v) is 7.66. The summed E-state index contributed by atoms with van der Waals surface area (Å²) in [5.41, 5.74) is 0.805. The Labute approximate surface area is 147 Å². The smallest absolute Gasteiger partial charge is 0.364 e. The molecule has 1 aromatic heterocycles. The molecule has 0 aliphatic carbocycles. The number of imide groups is 1. The Balaban J connectivity index is 1.65. The lowest BCUT2D eigenvalue weighted by Gasteiger charge is -2.13. The Hall–Kier alpha value is -3.81. The first-order valence-electron chi connectivity index (χ1n) is 7.66. The van der Waals surface area contributed by atoms with E-state index in [1.165, 1.54) is 18.2 Å². The number of carbonyl (C=O) groups excluding carboxylic acids is 3. The third-order valence-corrected chi connectivity index (χ3v) is 3.83. The molecule has 0 saturated heterocycles. The predicted octanol–water partition coefficient (Wildman–Crippen LogP) is 2.41. The Morgan fingerprint density at radius 3 is 2.08 bits per heavy atom. The highest BCUT2D eigenvalue weighted by molar-refractivity contribution is 6.21. The van der Waals surface area contributed by atoms with Crippen LogP contribution in [-0.2, 0) is 4.84 Å². The van der Waals surface area contributed by atoms with Crippen LogP contribution in [0.2, 0.25) is 0 Å². The van der Waals surface area contributed by atoms with Crippen LogP contribution in [0.25, 0.3) is 11.5 Å². The molecule has 26 heavy (non-hydrogen) atoms. The third kappa shape index (κ3) is 2.44. The van der Waals surface area contributed by atoms with Gasteiger partial charge in [-0.2, -0.15) is 0 Å². The van der Waals surface area contributed by atoms with Crippen LogP contribution >= 0.6 is 0 Å². The fourth-order valence-corrected chi connectivity index (χ4v) is 2.64. The number of aromatic nitrogens is 2. The summed E-state index contributed by atoms with van der Waals surface area (Å²) < 4.78 is 5.35. The van der Waals surface area contributed by atoms with E-state index in [1.54, 1.807) is 37.3 Å². The van der Waals surface area contributed by atoms with Gasteiger partial charge in [0.05, 0.1) is 22.3 Å². The van der Waals surface area contributed by atoms with Gasteiger partial charge < -0.3 is 9.25 Å². The highest BCUT2D eigenvalue weighted by Crippen LogP contribution is 2.26. The second kappa shape index (κ2) is 5.92. The summed E-state index contributed by atoms with van der Waals surface area (Å²) in [5, 5.41) is 8.07. The fourth-order valence-electron chi connectivity index (χ4n) is 2.64. The summed E-state index contributed by atoms with van der Waals surface area (Å²) in [6.45, 7) is 1.62. The van der Waals surface area contributed by atoms with Gasteiger partial charge in [0.25, 0.3) is 11.8 Å². The first kappa shape index (κ1) is 15.7. The van der Waals surface area contributed by atoms with Gasteiger partial charge in [-0.3, -0.25) is 9.59 Å². The van der Waals surface area contributed by atoms with Gasteiger partial charge in [-0.1, -0.05) is 29.3 Å². The second-order valence-electron chi connectivity index (χ2n) is 5.50. The molecule has 1 aliphatic rings. The largest absolute Gasteiger partial charge is 0.421 e. The molecule has 4 rings (SSSR count). The fraction of sp³-hybridized carbons (Fsp3) is 0.0556. The van der Waals surface area contributed by atoms with Crippen LogP contribution in [0, 0.1) is 6.92 Å². The summed E-state index contributed by atoms with van der Waals surface area (Å²) in [5.74, 6) is -1.79. The van der Waals surface area contributed by atoms with E-state index in [4.69, 9.17) is 9.25 Å². The Bertz CT molecular complexity index is 1020. The number of nitrogens with zero attached hydrogens (tertiary/aromatic N) is 3. The topological polar surface area (TPSA) is 103 Å². The zero-order valence-electron chi connectivity index (χ0n) is 13.5. The maximum Gasteiger partial charge on any atom is 0.364 e. The number of amides is 2. The van der Waals surface area contributed by atoms with Crippen molar-refractivity contribution in [3.63, 3.8) is 0 Å². The van der Waals surface area contributed by atoms with Crippen LogP contribution in [-0.4, -0.2) is 33.0 Å². The highest BCUT2D eigenvalue weighted by Gasteiger charge is 2.39. The van der Waals surface area contributed by atoms with E-state index in [2.05, 4.69) is 10.2 Å². The molecule has 8 heteroatoms. The van der Waals surface area contributed by atoms with Crippen molar-refractivity contribution in [3.05, 3.63) is 71.1 Å². The van der Waals surface area contributed by atoms with Gasteiger partial charge in [0.1, 0.15) is 0 Å². The molecule has 2 aromatic carbocycles. The van der Waals surface area contributed by atoms with Gasteiger partial charge >= 0.3 is 5.97 Å². The van der Waals surface area contributed by atoms with Crippen LogP contribution in [0.1, 0.15) is 37.0 Å². The number of hydrogen-bond acceptors (Lipinski definition) is 7. The highest BCUT2D eigenvalue weighted by atomic mass is 16.7. The van der Waals surface area contributed by atoms with E-state index in [1.807, 2.05) is 0 Å². The zero-order valence-corrected chi connectivity index (χ0v) is 13.5. The van der Waals surface area contributed by atoms with E-state index in [9.17, 15) is 14.4 Å². The Kier molecular flexibility index (Phi) is 3.58. The predicted molar refractivity (Wildman–Crippen MR) is 86.8 cm³/mol. The molecule has 0 saturated carbocycles. The molecule has 8 nitrogen and oxygen atoms in total.